The van der Waals surface area contributed by atoms with E-state index in [0.717, 1.165) is 24.1 Å². The summed E-state index contributed by atoms with van der Waals surface area (Å²) in [7, 11) is 0. The Morgan fingerprint density at radius 3 is 2.56 bits per heavy atom. The van der Waals surface area contributed by atoms with Gasteiger partial charge in [-0.05, 0) is 44.7 Å². The number of carbonyl (C=O) groups excluding carboxylic acids is 2. The number of aromatic amines is 1. The lowest BCUT2D eigenvalue weighted by Gasteiger charge is -2.44. The number of nitrogens with zero attached hydrogens (tertiary/aromatic N) is 4. The fraction of sp³-hybridized carbons (Fsp3) is 0.444. The monoisotopic (exact) mass is 339 g/mol. The van der Waals surface area contributed by atoms with Crippen molar-refractivity contribution in [3.63, 3.8) is 0 Å². The molecule has 1 aromatic heterocycles. The molecule has 0 saturated carbocycles. The van der Waals surface area contributed by atoms with E-state index in [4.69, 9.17) is 0 Å². The van der Waals surface area contributed by atoms with Gasteiger partial charge in [0.25, 0.3) is 11.8 Å². The van der Waals surface area contributed by atoms with Gasteiger partial charge in [-0.2, -0.15) is 15.4 Å². The number of aryl methyl sites for hydroxylation is 1. The topological polar surface area (TPSA) is 82.2 Å². The van der Waals surface area contributed by atoms with Crippen LogP contribution < -0.4 is 4.90 Å². The minimum atomic E-state index is -0.751. The van der Waals surface area contributed by atoms with Crippen LogP contribution in [0.3, 0.4) is 0 Å². The third kappa shape index (κ3) is 2.50. The Kier molecular flexibility index (Phi) is 3.78. The number of carbonyl (C=O) groups is 2. The van der Waals surface area contributed by atoms with Crippen molar-refractivity contribution in [2.45, 2.75) is 38.1 Å². The molecule has 0 aliphatic carbocycles. The molecule has 1 unspecified atom stereocenters. The summed E-state index contributed by atoms with van der Waals surface area (Å²) in [5.41, 5.74) is 1.57. The average molecular weight is 339 g/mol. The molecule has 1 spiro atoms. The van der Waals surface area contributed by atoms with Crippen LogP contribution in [0, 0.1) is 6.92 Å². The number of hydrogen-bond donors (Lipinski definition) is 1. The molecular formula is C18H21N5O2. The third-order valence-electron chi connectivity index (χ3n) is 5.33. The van der Waals surface area contributed by atoms with E-state index in [1.165, 1.54) is 6.20 Å². The van der Waals surface area contributed by atoms with Crippen LogP contribution in [0.2, 0.25) is 0 Å². The number of likely N-dealkylation sites (tertiary alicyclic amines) is 1. The number of nitrogens with one attached hydrogen (secondary N) is 1. The predicted molar refractivity (Wildman–Crippen MR) is 92.2 cm³/mol. The number of aromatic nitrogens is 3. The van der Waals surface area contributed by atoms with E-state index in [1.54, 1.807) is 4.90 Å². The molecule has 1 N–H and O–H groups in total. The maximum atomic E-state index is 13.4. The molecule has 2 aliphatic rings. The van der Waals surface area contributed by atoms with E-state index >= 15 is 0 Å². The Balaban J connectivity index is 1.66. The van der Waals surface area contributed by atoms with Crippen molar-refractivity contribution in [2.24, 2.45) is 0 Å². The lowest BCUT2D eigenvalue weighted by Crippen LogP contribution is -2.61. The second-order valence-corrected chi connectivity index (χ2v) is 6.84. The standard InChI is InChI=1S/C18H21N5O2/c1-13-4-6-14(7-5-13)22-10-2-8-18(17(22)25)9-3-11-23(18)16(24)15-12-19-21-20-15/h4-7,12H,2-3,8-11H2,1H3,(H,19,20,21). The highest BCUT2D eigenvalue weighted by molar-refractivity contribution is 6.05. The molecule has 2 saturated heterocycles. The van der Waals surface area contributed by atoms with Gasteiger partial charge in [0.05, 0.1) is 6.20 Å². The summed E-state index contributed by atoms with van der Waals surface area (Å²) in [5.74, 6) is -0.192. The molecule has 2 aromatic rings. The van der Waals surface area contributed by atoms with Crippen molar-refractivity contribution in [1.29, 1.82) is 0 Å². The lowest BCUT2D eigenvalue weighted by atomic mass is 9.85. The van der Waals surface area contributed by atoms with Gasteiger partial charge in [0, 0.05) is 18.8 Å². The molecule has 2 amide bonds. The summed E-state index contributed by atoms with van der Waals surface area (Å²) in [6.07, 6.45) is 4.54. The number of anilines is 1. The van der Waals surface area contributed by atoms with Crippen molar-refractivity contribution in [3.05, 3.63) is 41.7 Å². The zero-order valence-corrected chi connectivity index (χ0v) is 14.2. The molecule has 3 heterocycles. The maximum absolute atomic E-state index is 13.4. The summed E-state index contributed by atoms with van der Waals surface area (Å²) in [6, 6.07) is 7.98. The Bertz CT molecular complexity index is 786. The third-order valence-corrected chi connectivity index (χ3v) is 5.33. The van der Waals surface area contributed by atoms with E-state index < -0.39 is 5.54 Å². The van der Waals surface area contributed by atoms with Crippen LogP contribution in [0.25, 0.3) is 0 Å². The van der Waals surface area contributed by atoms with E-state index in [0.29, 0.717) is 25.9 Å². The molecule has 7 heteroatoms. The molecule has 2 fully saturated rings. The van der Waals surface area contributed by atoms with Crippen LogP contribution in [-0.2, 0) is 4.79 Å². The van der Waals surface area contributed by atoms with Gasteiger partial charge >= 0.3 is 0 Å². The van der Waals surface area contributed by atoms with Crippen LogP contribution in [-0.4, -0.2) is 50.8 Å². The second-order valence-electron chi connectivity index (χ2n) is 6.84. The average Bonchev–Trinajstić information content (AvgIpc) is 3.29. The number of piperidine rings is 1. The van der Waals surface area contributed by atoms with E-state index in [-0.39, 0.29) is 17.5 Å². The molecule has 2 aliphatic heterocycles. The first-order chi connectivity index (χ1) is 12.1. The number of benzene rings is 1. The molecule has 130 valence electrons. The van der Waals surface area contributed by atoms with Gasteiger partial charge in [0.2, 0.25) is 0 Å². The van der Waals surface area contributed by atoms with Crippen LogP contribution >= 0.6 is 0 Å². The molecular weight excluding hydrogens is 318 g/mol. The number of H-pyrrole nitrogens is 1. The second kappa shape index (κ2) is 5.98. The van der Waals surface area contributed by atoms with E-state index in [9.17, 15) is 9.59 Å². The fourth-order valence-corrected chi connectivity index (χ4v) is 4.06. The zero-order chi connectivity index (χ0) is 17.4. The lowest BCUT2D eigenvalue weighted by molar-refractivity contribution is -0.130. The van der Waals surface area contributed by atoms with Crippen LogP contribution in [0.4, 0.5) is 5.69 Å². The van der Waals surface area contributed by atoms with Crippen LogP contribution in [0.1, 0.15) is 41.7 Å². The minimum Gasteiger partial charge on any atom is -0.322 e. The highest BCUT2D eigenvalue weighted by atomic mass is 16.2. The van der Waals surface area contributed by atoms with Crippen molar-refractivity contribution in [3.8, 4) is 0 Å². The normalized spacial score (nSPS) is 23.5. The summed E-state index contributed by atoms with van der Waals surface area (Å²) in [5, 5.41) is 10.1. The summed E-state index contributed by atoms with van der Waals surface area (Å²) in [6.45, 7) is 3.30. The van der Waals surface area contributed by atoms with Crippen LogP contribution in [0.5, 0.6) is 0 Å². The minimum absolute atomic E-state index is 0.0250. The first kappa shape index (κ1) is 15.8. The number of rotatable bonds is 2. The smallest absolute Gasteiger partial charge is 0.276 e. The fourth-order valence-electron chi connectivity index (χ4n) is 4.06. The molecule has 7 nitrogen and oxygen atoms in total. The Labute approximate surface area is 146 Å². The first-order valence-electron chi connectivity index (χ1n) is 8.68. The highest BCUT2D eigenvalue weighted by Crippen LogP contribution is 2.40. The summed E-state index contributed by atoms with van der Waals surface area (Å²) in [4.78, 5) is 29.8. The predicted octanol–water partition coefficient (Wildman–Crippen LogP) is 1.91. The van der Waals surface area contributed by atoms with E-state index in [1.807, 2.05) is 36.1 Å². The van der Waals surface area contributed by atoms with Gasteiger partial charge < -0.3 is 9.80 Å². The van der Waals surface area contributed by atoms with Gasteiger partial charge in [0.15, 0.2) is 5.69 Å². The first-order valence-corrected chi connectivity index (χ1v) is 8.68. The van der Waals surface area contributed by atoms with E-state index in [2.05, 4.69) is 15.4 Å². The zero-order valence-electron chi connectivity index (χ0n) is 14.2. The Morgan fingerprint density at radius 1 is 1.16 bits per heavy atom. The van der Waals surface area contributed by atoms with Gasteiger partial charge in [-0.1, -0.05) is 17.7 Å². The van der Waals surface area contributed by atoms with Gasteiger partial charge in [-0.3, -0.25) is 9.59 Å². The van der Waals surface area contributed by atoms with Crippen molar-refractivity contribution in [1.82, 2.24) is 20.3 Å². The van der Waals surface area contributed by atoms with Crippen LogP contribution in [0.15, 0.2) is 30.5 Å². The molecule has 0 radical (unpaired) electrons. The van der Waals surface area contributed by atoms with Crippen molar-refractivity contribution in [2.75, 3.05) is 18.0 Å². The van der Waals surface area contributed by atoms with Gasteiger partial charge in [0.1, 0.15) is 5.54 Å². The largest absolute Gasteiger partial charge is 0.322 e. The molecule has 1 atom stereocenters. The SMILES string of the molecule is Cc1ccc(N2CCCC3(CCCN3C(=O)c3cn[nH]n3)C2=O)cc1. The molecule has 4 rings (SSSR count). The Hall–Kier alpha value is -2.70. The summed E-state index contributed by atoms with van der Waals surface area (Å²) < 4.78 is 0. The van der Waals surface area contributed by atoms with Gasteiger partial charge in [-0.15, -0.1) is 0 Å². The number of hydrogen-bond acceptors (Lipinski definition) is 4. The maximum Gasteiger partial charge on any atom is 0.276 e. The quantitative estimate of drug-likeness (QED) is 0.906. The van der Waals surface area contributed by atoms with Crippen molar-refractivity contribution >= 4 is 17.5 Å². The molecule has 1 aromatic carbocycles. The molecule has 0 bridgehead atoms. The number of amides is 2. The Morgan fingerprint density at radius 2 is 1.88 bits per heavy atom. The molecule has 25 heavy (non-hydrogen) atoms. The van der Waals surface area contributed by atoms with Gasteiger partial charge in [-0.25, -0.2) is 0 Å². The highest BCUT2D eigenvalue weighted by Gasteiger charge is 2.53. The van der Waals surface area contributed by atoms with Crippen molar-refractivity contribution < 1.29 is 9.59 Å². The summed E-state index contributed by atoms with van der Waals surface area (Å²) >= 11 is 0.